The second-order valence-corrected chi connectivity index (χ2v) is 4.95. The fraction of sp³-hybridized carbons (Fsp3) is 0.250. The number of aryl methyl sites for hydroxylation is 1. The molecular weight excluding hydrogens is 252 g/mol. The van der Waals surface area contributed by atoms with Gasteiger partial charge in [0.1, 0.15) is 5.52 Å². The van der Waals surface area contributed by atoms with Crippen LogP contribution in [0, 0.1) is 10.1 Å². The van der Waals surface area contributed by atoms with Crippen LogP contribution in [0.3, 0.4) is 0 Å². The van der Waals surface area contributed by atoms with E-state index in [2.05, 4.69) is 11.5 Å². The number of nitro groups is 1. The van der Waals surface area contributed by atoms with Crippen LogP contribution >= 0.6 is 0 Å². The fourth-order valence-corrected chi connectivity index (χ4v) is 2.79. The molecule has 0 fully saturated rings. The van der Waals surface area contributed by atoms with Crippen molar-refractivity contribution < 1.29 is 4.92 Å². The first kappa shape index (κ1) is 12.7. The van der Waals surface area contributed by atoms with Crippen molar-refractivity contribution in [3.63, 3.8) is 0 Å². The van der Waals surface area contributed by atoms with Crippen molar-refractivity contribution in [1.29, 1.82) is 0 Å². The molecular formula is C16H16N2O2. The minimum atomic E-state index is -0.288. The van der Waals surface area contributed by atoms with Crippen molar-refractivity contribution in [3.8, 4) is 0 Å². The highest BCUT2D eigenvalue weighted by Gasteiger charge is 2.19. The molecule has 102 valence electrons. The van der Waals surface area contributed by atoms with E-state index in [1.54, 1.807) is 12.1 Å². The second-order valence-electron chi connectivity index (χ2n) is 4.95. The van der Waals surface area contributed by atoms with Gasteiger partial charge in [-0.1, -0.05) is 43.7 Å². The maximum absolute atomic E-state index is 11.3. The van der Waals surface area contributed by atoms with Crippen molar-refractivity contribution >= 4 is 27.5 Å². The average Bonchev–Trinajstić information content (AvgIpc) is 2.79. The summed E-state index contributed by atoms with van der Waals surface area (Å²) >= 11 is 0. The topological polar surface area (TPSA) is 48.1 Å². The Morgan fingerprint density at radius 3 is 2.60 bits per heavy atom. The molecule has 0 radical (unpaired) electrons. The van der Waals surface area contributed by atoms with Crippen molar-refractivity contribution in [2.75, 3.05) is 0 Å². The van der Waals surface area contributed by atoms with Gasteiger partial charge in [0.25, 0.3) is 5.69 Å². The van der Waals surface area contributed by atoms with Crippen molar-refractivity contribution in [3.05, 3.63) is 52.6 Å². The van der Waals surface area contributed by atoms with Crippen molar-refractivity contribution in [2.45, 2.75) is 26.3 Å². The van der Waals surface area contributed by atoms with Crippen molar-refractivity contribution in [2.24, 2.45) is 0 Å². The molecule has 0 atom stereocenters. The van der Waals surface area contributed by atoms with E-state index in [9.17, 15) is 10.1 Å². The molecule has 0 bridgehead atoms. The number of hydrogen-bond acceptors (Lipinski definition) is 2. The van der Waals surface area contributed by atoms with Gasteiger partial charge in [-0.05, 0) is 12.5 Å². The summed E-state index contributed by atoms with van der Waals surface area (Å²) in [5.74, 6) is 0. The number of rotatable bonds is 4. The Balaban J connectivity index is 2.42. The van der Waals surface area contributed by atoms with Gasteiger partial charge in [-0.15, -0.1) is 0 Å². The minimum Gasteiger partial charge on any atom is -0.335 e. The Bertz CT molecular complexity index is 790. The lowest BCUT2D eigenvalue weighted by Crippen LogP contribution is -2.00. The molecule has 4 heteroatoms. The Morgan fingerprint density at radius 2 is 1.85 bits per heavy atom. The van der Waals surface area contributed by atoms with Crippen LogP contribution in [0.25, 0.3) is 21.8 Å². The van der Waals surface area contributed by atoms with E-state index < -0.39 is 0 Å². The molecule has 0 aliphatic carbocycles. The zero-order valence-electron chi connectivity index (χ0n) is 11.4. The SMILES string of the molecule is CCCCn1c2ccccc2c2cccc([N+](=O)[O-])c21. The fourth-order valence-electron chi connectivity index (χ4n) is 2.79. The van der Waals surface area contributed by atoms with Gasteiger partial charge in [-0.25, -0.2) is 0 Å². The molecule has 3 rings (SSSR count). The largest absolute Gasteiger partial charge is 0.335 e. The number of nitrogens with zero attached hydrogens (tertiary/aromatic N) is 2. The van der Waals surface area contributed by atoms with Crippen LogP contribution in [0.4, 0.5) is 5.69 Å². The number of hydrogen-bond donors (Lipinski definition) is 0. The molecule has 20 heavy (non-hydrogen) atoms. The number of non-ortho nitro benzene ring substituents is 1. The molecule has 0 amide bonds. The summed E-state index contributed by atoms with van der Waals surface area (Å²) < 4.78 is 2.09. The van der Waals surface area contributed by atoms with Crippen LogP contribution in [0.5, 0.6) is 0 Å². The van der Waals surface area contributed by atoms with Crippen LogP contribution in [-0.4, -0.2) is 9.49 Å². The van der Waals surface area contributed by atoms with E-state index in [1.807, 2.05) is 30.3 Å². The van der Waals surface area contributed by atoms with Crippen molar-refractivity contribution in [1.82, 2.24) is 4.57 Å². The van der Waals surface area contributed by atoms with E-state index in [0.29, 0.717) is 0 Å². The quantitative estimate of drug-likeness (QED) is 0.516. The molecule has 0 aliphatic rings. The Kier molecular flexibility index (Phi) is 3.14. The summed E-state index contributed by atoms with van der Waals surface area (Å²) in [4.78, 5) is 11.0. The zero-order chi connectivity index (χ0) is 14.1. The molecule has 0 saturated heterocycles. The Morgan fingerprint density at radius 1 is 1.10 bits per heavy atom. The average molecular weight is 268 g/mol. The summed E-state index contributed by atoms with van der Waals surface area (Å²) in [5, 5.41) is 13.4. The minimum absolute atomic E-state index is 0.190. The van der Waals surface area contributed by atoms with Gasteiger partial charge in [0, 0.05) is 28.9 Å². The maximum atomic E-state index is 11.3. The highest BCUT2D eigenvalue weighted by molar-refractivity contribution is 6.10. The van der Waals surface area contributed by atoms with Crippen LogP contribution in [0.2, 0.25) is 0 Å². The van der Waals surface area contributed by atoms with Gasteiger partial charge in [0.15, 0.2) is 0 Å². The summed E-state index contributed by atoms with van der Waals surface area (Å²) in [6.07, 6.45) is 2.08. The molecule has 0 spiro atoms. The molecule has 1 aromatic heterocycles. The van der Waals surface area contributed by atoms with Crippen LogP contribution in [0.15, 0.2) is 42.5 Å². The van der Waals surface area contributed by atoms with Gasteiger partial charge < -0.3 is 4.57 Å². The van der Waals surface area contributed by atoms with Gasteiger partial charge in [0.05, 0.1) is 4.92 Å². The van der Waals surface area contributed by atoms with Gasteiger partial charge in [-0.3, -0.25) is 10.1 Å². The van der Waals surface area contributed by atoms with E-state index in [0.717, 1.165) is 41.2 Å². The van der Waals surface area contributed by atoms with Gasteiger partial charge in [0.2, 0.25) is 0 Å². The summed E-state index contributed by atoms with van der Waals surface area (Å²) in [7, 11) is 0. The molecule has 0 saturated carbocycles. The zero-order valence-corrected chi connectivity index (χ0v) is 11.4. The maximum Gasteiger partial charge on any atom is 0.293 e. The Labute approximate surface area is 116 Å². The number of para-hydroxylation sites is 2. The third-order valence-corrected chi connectivity index (χ3v) is 3.70. The van der Waals surface area contributed by atoms with E-state index in [-0.39, 0.29) is 10.6 Å². The lowest BCUT2D eigenvalue weighted by molar-refractivity contribution is -0.383. The molecule has 0 N–H and O–H groups in total. The molecule has 1 heterocycles. The predicted octanol–water partition coefficient (Wildman–Crippen LogP) is 4.50. The van der Waals surface area contributed by atoms with E-state index >= 15 is 0 Å². The summed E-state index contributed by atoms with van der Waals surface area (Å²) in [6, 6.07) is 13.3. The monoisotopic (exact) mass is 268 g/mol. The number of nitro benzene ring substituents is 1. The lowest BCUT2D eigenvalue weighted by Gasteiger charge is -2.06. The van der Waals surface area contributed by atoms with E-state index in [4.69, 9.17) is 0 Å². The smallest absolute Gasteiger partial charge is 0.293 e. The first-order valence-corrected chi connectivity index (χ1v) is 6.88. The Hall–Kier alpha value is -2.36. The molecule has 2 aromatic carbocycles. The standard InChI is InChI=1S/C16H16N2O2/c1-2-3-11-17-14-9-5-4-7-12(14)13-8-6-10-15(16(13)17)18(19)20/h4-10H,2-3,11H2,1H3. The third kappa shape index (κ3) is 1.84. The molecule has 0 aliphatic heterocycles. The predicted molar refractivity (Wildman–Crippen MR) is 81.0 cm³/mol. The molecule has 3 aromatic rings. The number of fused-ring (bicyclic) bond motifs is 3. The lowest BCUT2D eigenvalue weighted by atomic mass is 10.1. The third-order valence-electron chi connectivity index (χ3n) is 3.70. The summed E-state index contributed by atoms with van der Waals surface area (Å²) in [6.45, 7) is 2.94. The number of aromatic nitrogens is 1. The van der Waals surface area contributed by atoms with Gasteiger partial charge >= 0.3 is 0 Å². The molecule has 4 nitrogen and oxygen atoms in total. The second kappa shape index (κ2) is 4.96. The highest BCUT2D eigenvalue weighted by Crippen LogP contribution is 2.34. The van der Waals surface area contributed by atoms with Crippen LogP contribution in [-0.2, 0) is 6.54 Å². The van der Waals surface area contributed by atoms with Crippen LogP contribution < -0.4 is 0 Å². The van der Waals surface area contributed by atoms with Crippen LogP contribution in [0.1, 0.15) is 19.8 Å². The first-order chi connectivity index (χ1) is 9.74. The molecule has 0 unspecified atom stereocenters. The summed E-state index contributed by atoms with van der Waals surface area (Å²) in [5.41, 5.74) is 2.01. The van der Waals surface area contributed by atoms with E-state index in [1.165, 1.54) is 0 Å². The van der Waals surface area contributed by atoms with Gasteiger partial charge in [-0.2, -0.15) is 0 Å². The highest BCUT2D eigenvalue weighted by atomic mass is 16.6. The number of benzene rings is 2. The number of unbranched alkanes of at least 4 members (excludes halogenated alkanes) is 1. The normalized spacial score (nSPS) is 11.2. The first-order valence-electron chi connectivity index (χ1n) is 6.88.